The first-order valence-electron chi connectivity index (χ1n) is 3.94. The van der Waals surface area contributed by atoms with E-state index in [1.807, 2.05) is 0 Å². The molecule has 6 nitrogen and oxygen atoms in total. The minimum Gasteiger partial charge on any atom is -0.487 e. The number of methoxy groups -OCH3 is 1. The van der Waals surface area contributed by atoms with Gasteiger partial charge in [-0.3, -0.25) is 4.79 Å². The molecule has 0 fully saturated rings. The molecule has 0 bridgehead atoms. The molecule has 0 aliphatic carbocycles. The summed E-state index contributed by atoms with van der Waals surface area (Å²) in [5.74, 6) is -0.0462. The van der Waals surface area contributed by atoms with Gasteiger partial charge < -0.3 is 26.2 Å². The highest BCUT2D eigenvalue weighted by Gasteiger charge is 1.92. The molecule has 0 heterocycles. The summed E-state index contributed by atoms with van der Waals surface area (Å²) in [7, 11) is 1.49. The number of ether oxygens (including phenoxy) is 1. The third-order valence-corrected chi connectivity index (χ3v) is 1.26. The number of thiocarbonyl (C=S) groups is 2. The van der Waals surface area contributed by atoms with Gasteiger partial charge in [-0.2, -0.15) is 0 Å². The number of amides is 1. The van der Waals surface area contributed by atoms with Crippen molar-refractivity contribution in [2.24, 2.45) is 5.73 Å². The van der Waals surface area contributed by atoms with E-state index in [9.17, 15) is 4.79 Å². The van der Waals surface area contributed by atoms with E-state index in [4.69, 9.17) is 5.11 Å². The van der Waals surface area contributed by atoms with E-state index in [2.05, 4.69) is 45.5 Å². The molecule has 0 saturated carbocycles. The lowest BCUT2D eigenvalue weighted by molar-refractivity contribution is -0.118. The van der Waals surface area contributed by atoms with E-state index in [1.54, 1.807) is 0 Å². The van der Waals surface area contributed by atoms with E-state index in [1.165, 1.54) is 14.0 Å². The number of aliphatic hydroxyl groups excluding tert-OH is 1. The van der Waals surface area contributed by atoms with E-state index in [-0.39, 0.29) is 5.91 Å². The van der Waals surface area contributed by atoms with Crippen LogP contribution in [0, 0.1) is 0 Å². The molecule has 0 aromatic heterocycles. The van der Waals surface area contributed by atoms with Crippen molar-refractivity contribution < 1.29 is 14.6 Å². The Morgan fingerprint density at radius 2 is 1.80 bits per heavy atom. The number of carbonyl (C=O) groups is 1. The lowest BCUT2D eigenvalue weighted by Crippen LogP contribution is -2.33. The number of carbonyl (C=O) groups excluding carboxylic acids is 1. The van der Waals surface area contributed by atoms with Crippen LogP contribution in [0.1, 0.15) is 6.92 Å². The minimum absolute atomic E-state index is 0.0462. The van der Waals surface area contributed by atoms with Gasteiger partial charge in [0.15, 0.2) is 0 Å². The summed E-state index contributed by atoms with van der Waals surface area (Å²) in [6.45, 7) is 2.61. The van der Waals surface area contributed by atoms with Crippen LogP contribution in [0.4, 0.5) is 0 Å². The maximum atomic E-state index is 10.4. The number of hydrogen-bond acceptors (Lipinski definition) is 4. The van der Waals surface area contributed by atoms with E-state index >= 15 is 0 Å². The molecule has 0 aliphatic rings. The third-order valence-electron chi connectivity index (χ3n) is 0.954. The minimum atomic E-state index is -0.500. The normalized spacial score (nSPS) is 7.87. The van der Waals surface area contributed by atoms with Crippen molar-refractivity contribution in [3.63, 3.8) is 0 Å². The standard InChI is InChI=1S/C6H12N2O2S.CH3NOS/c1-5(9)7-3-4-8-6(11)10-2;2-1(3)4/h3-4H2,1-2H3,(H,7,9)(H,8,11);(H3,2,3,4). The van der Waals surface area contributed by atoms with Crippen LogP contribution in [0.15, 0.2) is 0 Å². The number of rotatable bonds is 3. The summed E-state index contributed by atoms with van der Waals surface area (Å²) in [6, 6.07) is 0. The molecular weight excluding hydrogens is 238 g/mol. The Bertz CT molecular complexity index is 220. The lowest BCUT2D eigenvalue weighted by atomic mass is 10.6. The zero-order chi connectivity index (χ0) is 12.3. The molecule has 15 heavy (non-hydrogen) atoms. The van der Waals surface area contributed by atoms with Gasteiger partial charge in [0, 0.05) is 20.0 Å². The fourth-order valence-electron chi connectivity index (χ4n) is 0.475. The Balaban J connectivity index is 0. The van der Waals surface area contributed by atoms with Crippen molar-refractivity contribution in [3.8, 4) is 0 Å². The molecule has 0 atom stereocenters. The van der Waals surface area contributed by atoms with Gasteiger partial charge in [0.2, 0.25) is 5.91 Å². The first-order valence-corrected chi connectivity index (χ1v) is 4.76. The summed E-state index contributed by atoms with van der Waals surface area (Å²) in [5, 5.41) is 12.8. The Hall–Kier alpha value is -1.15. The second kappa shape index (κ2) is 10.9. The van der Waals surface area contributed by atoms with Crippen LogP contribution in [0.2, 0.25) is 0 Å². The summed E-state index contributed by atoms with van der Waals surface area (Å²) in [5.41, 5.74) is 4.40. The van der Waals surface area contributed by atoms with Gasteiger partial charge in [0.25, 0.3) is 10.3 Å². The Morgan fingerprint density at radius 1 is 1.40 bits per heavy atom. The Morgan fingerprint density at radius 3 is 2.13 bits per heavy atom. The highest BCUT2D eigenvalue weighted by molar-refractivity contribution is 7.80. The topological polar surface area (TPSA) is 96.6 Å². The molecule has 5 N–H and O–H groups in total. The molecule has 1 amide bonds. The van der Waals surface area contributed by atoms with Crippen LogP contribution >= 0.6 is 24.4 Å². The molecule has 0 rings (SSSR count). The summed E-state index contributed by atoms with van der Waals surface area (Å²) in [4.78, 5) is 10.4. The SMILES string of the molecule is COC(=S)NCCNC(C)=O.NC(O)=S. The second-order valence-corrected chi connectivity index (χ2v) is 3.03. The van der Waals surface area contributed by atoms with E-state index in [0.717, 1.165) is 0 Å². The van der Waals surface area contributed by atoms with E-state index in [0.29, 0.717) is 18.3 Å². The molecule has 0 aliphatic heterocycles. The van der Waals surface area contributed by atoms with Crippen molar-refractivity contribution in [1.29, 1.82) is 0 Å². The zero-order valence-electron chi connectivity index (χ0n) is 8.57. The van der Waals surface area contributed by atoms with E-state index < -0.39 is 5.17 Å². The van der Waals surface area contributed by atoms with Crippen molar-refractivity contribution in [2.45, 2.75) is 6.92 Å². The zero-order valence-corrected chi connectivity index (χ0v) is 10.2. The predicted molar refractivity (Wildman–Crippen MR) is 65.7 cm³/mol. The van der Waals surface area contributed by atoms with Crippen molar-refractivity contribution >= 4 is 40.7 Å². The molecule has 0 saturated heterocycles. The van der Waals surface area contributed by atoms with Crippen LogP contribution < -0.4 is 16.4 Å². The first kappa shape index (κ1) is 16.3. The maximum absolute atomic E-state index is 10.4. The van der Waals surface area contributed by atoms with Gasteiger partial charge >= 0.3 is 0 Å². The van der Waals surface area contributed by atoms with Crippen molar-refractivity contribution in [2.75, 3.05) is 20.2 Å². The quantitative estimate of drug-likeness (QED) is 0.395. The highest BCUT2D eigenvalue weighted by Crippen LogP contribution is 1.70. The van der Waals surface area contributed by atoms with Gasteiger partial charge in [-0.15, -0.1) is 0 Å². The largest absolute Gasteiger partial charge is 0.487 e. The number of hydrogen-bond donors (Lipinski definition) is 4. The Labute approximate surface area is 99.2 Å². The highest BCUT2D eigenvalue weighted by atomic mass is 32.1. The van der Waals surface area contributed by atoms with Gasteiger partial charge in [0.05, 0.1) is 7.11 Å². The van der Waals surface area contributed by atoms with Crippen molar-refractivity contribution in [3.05, 3.63) is 0 Å². The van der Waals surface area contributed by atoms with Gasteiger partial charge in [0.1, 0.15) is 0 Å². The van der Waals surface area contributed by atoms with Crippen molar-refractivity contribution in [1.82, 2.24) is 10.6 Å². The first-order chi connectivity index (χ1) is 6.90. The monoisotopic (exact) mass is 253 g/mol. The molecule has 8 heteroatoms. The average molecular weight is 253 g/mol. The van der Waals surface area contributed by atoms with Crippen LogP contribution in [0.3, 0.4) is 0 Å². The van der Waals surface area contributed by atoms with Crippen LogP contribution in [-0.4, -0.2) is 41.6 Å². The fourth-order valence-corrected chi connectivity index (χ4v) is 0.577. The van der Waals surface area contributed by atoms with Crippen LogP contribution in [0.25, 0.3) is 0 Å². The summed E-state index contributed by atoms with van der Waals surface area (Å²) >= 11 is 8.56. The number of nitrogens with one attached hydrogen (secondary N) is 2. The smallest absolute Gasteiger partial charge is 0.256 e. The summed E-state index contributed by atoms with van der Waals surface area (Å²) in [6.07, 6.45) is 0. The lowest BCUT2D eigenvalue weighted by Gasteiger charge is -2.05. The molecular formula is C7H15N3O3S2. The fraction of sp³-hybridized carbons (Fsp3) is 0.571. The van der Waals surface area contributed by atoms with Crippen LogP contribution in [-0.2, 0) is 9.53 Å². The van der Waals surface area contributed by atoms with Crippen LogP contribution in [0.5, 0.6) is 0 Å². The maximum Gasteiger partial charge on any atom is 0.256 e. The Kier molecular flexibility index (Phi) is 11.9. The van der Waals surface area contributed by atoms with Gasteiger partial charge in [-0.05, 0) is 24.4 Å². The predicted octanol–water partition coefficient (Wildman–Crippen LogP) is -0.569. The molecule has 0 spiro atoms. The molecule has 0 aromatic rings. The number of nitrogens with two attached hydrogens (primary N) is 1. The van der Waals surface area contributed by atoms with Gasteiger partial charge in [-0.25, -0.2) is 0 Å². The molecule has 0 radical (unpaired) electrons. The number of aliphatic hydroxyl groups is 1. The molecule has 88 valence electrons. The second-order valence-electron chi connectivity index (χ2n) is 2.24. The average Bonchev–Trinajstić information content (AvgIpc) is 2.10. The molecule has 0 aromatic carbocycles. The third kappa shape index (κ3) is 24.5. The summed E-state index contributed by atoms with van der Waals surface area (Å²) < 4.78 is 4.66. The van der Waals surface area contributed by atoms with Gasteiger partial charge in [-0.1, -0.05) is 0 Å². The molecule has 0 unspecified atom stereocenters.